The molecule has 2 unspecified atom stereocenters. The van der Waals surface area contributed by atoms with Gasteiger partial charge >= 0.3 is 12.0 Å². The number of aliphatic carboxylic acids is 1. The van der Waals surface area contributed by atoms with Crippen molar-refractivity contribution in [2.45, 2.75) is 45.8 Å². The number of hydrogen-bond donors (Lipinski definition) is 2. The van der Waals surface area contributed by atoms with Crippen molar-refractivity contribution in [3.05, 3.63) is 0 Å². The van der Waals surface area contributed by atoms with Gasteiger partial charge in [0.05, 0.1) is 11.6 Å². The molecule has 0 aromatic heterocycles. The van der Waals surface area contributed by atoms with E-state index in [-0.39, 0.29) is 24.6 Å². The molecule has 1 saturated heterocycles. The van der Waals surface area contributed by atoms with Crippen molar-refractivity contribution in [3.8, 4) is 0 Å². The molecule has 0 saturated carbocycles. The Balaban J connectivity index is 2.68. The second kappa shape index (κ2) is 6.23. The van der Waals surface area contributed by atoms with Crippen LogP contribution in [0.5, 0.6) is 0 Å². The minimum absolute atomic E-state index is 0.0674. The summed E-state index contributed by atoms with van der Waals surface area (Å²) in [5, 5.41) is 11.8. The molecule has 0 spiro atoms. The van der Waals surface area contributed by atoms with Gasteiger partial charge in [-0.15, -0.1) is 0 Å². The standard InChI is InChI=1S/C13H24N2O4/c1-9(2)7-15(8-11(16)17)12(18)14-13(4)5-6-19-10(13)3/h9-10H,5-8H2,1-4H3,(H,14,18)(H,16,17). The van der Waals surface area contributed by atoms with Crippen LogP contribution in [0.25, 0.3) is 0 Å². The van der Waals surface area contributed by atoms with Gasteiger partial charge in [0.25, 0.3) is 0 Å². The normalized spacial score (nSPS) is 26.5. The van der Waals surface area contributed by atoms with Crippen molar-refractivity contribution in [3.63, 3.8) is 0 Å². The highest BCUT2D eigenvalue weighted by Crippen LogP contribution is 2.25. The molecular weight excluding hydrogens is 248 g/mol. The fraction of sp³-hybridized carbons (Fsp3) is 0.846. The lowest BCUT2D eigenvalue weighted by molar-refractivity contribution is -0.137. The summed E-state index contributed by atoms with van der Waals surface area (Å²) in [4.78, 5) is 24.4. The fourth-order valence-electron chi connectivity index (χ4n) is 2.15. The van der Waals surface area contributed by atoms with Crippen LogP contribution in [0.2, 0.25) is 0 Å². The molecule has 0 aliphatic carbocycles. The van der Waals surface area contributed by atoms with Crippen LogP contribution in [0, 0.1) is 5.92 Å². The average Bonchev–Trinajstić information content (AvgIpc) is 2.56. The van der Waals surface area contributed by atoms with Crippen molar-refractivity contribution in [1.29, 1.82) is 0 Å². The van der Waals surface area contributed by atoms with E-state index in [9.17, 15) is 9.59 Å². The number of ether oxygens (including phenoxy) is 1. The van der Waals surface area contributed by atoms with Crippen LogP contribution in [0.3, 0.4) is 0 Å². The maximum atomic E-state index is 12.2. The van der Waals surface area contributed by atoms with E-state index in [4.69, 9.17) is 9.84 Å². The predicted octanol–water partition coefficient (Wildman–Crippen LogP) is 1.31. The number of nitrogens with one attached hydrogen (secondary N) is 1. The summed E-state index contributed by atoms with van der Waals surface area (Å²) in [6.45, 7) is 8.49. The number of carboxylic acids is 1. The first kappa shape index (κ1) is 15.8. The zero-order valence-corrected chi connectivity index (χ0v) is 12.1. The Bertz CT molecular complexity index is 346. The Kier molecular flexibility index (Phi) is 5.17. The molecule has 6 heteroatoms. The smallest absolute Gasteiger partial charge is 0.323 e. The summed E-state index contributed by atoms with van der Waals surface area (Å²) in [5.41, 5.74) is -0.426. The predicted molar refractivity (Wildman–Crippen MR) is 71.0 cm³/mol. The van der Waals surface area contributed by atoms with Gasteiger partial charge in [-0.25, -0.2) is 4.79 Å². The Morgan fingerprint density at radius 3 is 2.58 bits per heavy atom. The largest absolute Gasteiger partial charge is 0.480 e. The van der Waals surface area contributed by atoms with Crippen LogP contribution < -0.4 is 5.32 Å². The molecule has 2 amide bonds. The van der Waals surface area contributed by atoms with Gasteiger partial charge < -0.3 is 20.1 Å². The Labute approximate surface area is 114 Å². The third-order valence-corrected chi connectivity index (χ3v) is 3.48. The molecular formula is C13H24N2O4. The van der Waals surface area contributed by atoms with Gasteiger partial charge in [0.15, 0.2) is 0 Å². The van der Waals surface area contributed by atoms with Crippen LogP contribution >= 0.6 is 0 Å². The quantitative estimate of drug-likeness (QED) is 0.791. The second-order valence-corrected chi connectivity index (χ2v) is 5.78. The lowest BCUT2D eigenvalue weighted by Crippen LogP contribution is -2.56. The summed E-state index contributed by atoms with van der Waals surface area (Å²) in [6, 6.07) is -0.337. The summed E-state index contributed by atoms with van der Waals surface area (Å²) in [5.74, 6) is -0.785. The first-order valence-electron chi connectivity index (χ1n) is 6.65. The molecule has 1 heterocycles. The SMILES string of the molecule is CC(C)CN(CC(=O)O)C(=O)NC1(C)CCOC1C. The van der Waals surface area contributed by atoms with Gasteiger partial charge in [-0.1, -0.05) is 13.8 Å². The summed E-state index contributed by atoms with van der Waals surface area (Å²) >= 11 is 0. The van der Waals surface area contributed by atoms with Crippen LogP contribution in [-0.2, 0) is 9.53 Å². The molecule has 2 atom stereocenters. The monoisotopic (exact) mass is 272 g/mol. The Morgan fingerprint density at radius 2 is 2.16 bits per heavy atom. The van der Waals surface area contributed by atoms with E-state index in [1.54, 1.807) is 0 Å². The van der Waals surface area contributed by atoms with E-state index in [2.05, 4.69) is 5.32 Å². The lowest BCUT2D eigenvalue weighted by atomic mass is 9.95. The summed E-state index contributed by atoms with van der Waals surface area (Å²) in [7, 11) is 0. The molecule has 1 rings (SSSR count). The minimum Gasteiger partial charge on any atom is -0.480 e. The van der Waals surface area contributed by atoms with Crippen LogP contribution in [0.4, 0.5) is 4.79 Å². The average molecular weight is 272 g/mol. The maximum absolute atomic E-state index is 12.2. The molecule has 19 heavy (non-hydrogen) atoms. The van der Waals surface area contributed by atoms with Crippen molar-refractivity contribution >= 4 is 12.0 Å². The number of urea groups is 1. The minimum atomic E-state index is -1.00. The third kappa shape index (κ3) is 4.38. The fourth-order valence-corrected chi connectivity index (χ4v) is 2.15. The van der Waals surface area contributed by atoms with Crippen molar-refractivity contribution in [1.82, 2.24) is 10.2 Å². The maximum Gasteiger partial charge on any atom is 0.323 e. The first-order valence-corrected chi connectivity index (χ1v) is 6.65. The molecule has 0 aromatic carbocycles. The highest BCUT2D eigenvalue weighted by molar-refractivity contribution is 5.80. The van der Waals surface area contributed by atoms with Gasteiger partial charge in [-0.05, 0) is 26.2 Å². The van der Waals surface area contributed by atoms with E-state index in [0.717, 1.165) is 6.42 Å². The number of rotatable bonds is 5. The molecule has 110 valence electrons. The van der Waals surface area contributed by atoms with E-state index < -0.39 is 11.5 Å². The number of amides is 2. The van der Waals surface area contributed by atoms with Gasteiger partial charge in [0.1, 0.15) is 6.54 Å². The zero-order valence-electron chi connectivity index (χ0n) is 12.1. The number of carbonyl (C=O) groups excluding carboxylic acids is 1. The molecule has 0 radical (unpaired) electrons. The van der Waals surface area contributed by atoms with E-state index >= 15 is 0 Å². The van der Waals surface area contributed by atoms with E-state index in [0.29, 0.717) is 13.2 Å². The second-order valence-electron chi connectivity index (χ2n) is 5.78. The molecule has 1 aliphatic heterocycles. The number of carboxylic acid groups (broad SMARTS) is 1. The molecule has 0 aromatic rings. The summed E-state index contributed by atoms with van der Waals surface area (Å²) in [6.07, 6.45) is 0.671. The van der Waals surface area contributed by atoms with Crippen LogP contribution in [0.15, 0.2) is 0 Å². The Morgan fingerprint density at radius 1 is 1.53 bits per heavy atom. The number of carbonyl (C=O) groups is 2. The highest BCUT2D eigenvalue weighted by atomic mass is 16.5. The zero-order chi connectivity index (χ0) is 14.6. The topological polar surface area (TPSA) is 78.9 Å². The first-order chi connectivity index (χ1) is 8.74. The molecule has 0 bridgehead atoms. The highest BCUT2D eigenvalue weighted by Gasteiger charge is 2.39. The van der Waals surface area contributed by atoms with Crippen LogP contribution in [0.1, 0.15) is 34.1 Å². The van der Waals surface area contributed by atoms with Gasteiger partial charge in [0, 0.05) is 13.2 Å². The number of nitrogens with zero attached hydrogens (tertiary/aromatic N) is 1. The Hall–Kier alpha value is -1.30. The van der Waals surface area contributed by atoms with Gasteiger partial charge in [-0.2, -0.15) is 0 Å². The summed E-state index contributed by atoms with van der Waals surface area (Å²) < 4.78 is 5.46. The molecule has 6 nitrogen and oxygen atoms in total. The molecule has 2 N–H and O–H groups in total. The van der Waals surface area contributed by atoms with Crippen molar-refractivity contribution < 1.29 is 19.4 Å². The van der Waals surface area contributed by atoms with Crippen molar-refractivity contribution in [2.24, 2.45) is 5.92 Å². The van der Waals surface area contributed by atoms with Gasteiger partial charge in [0.2, 0.25) is 0 Å². The lowest BCUT2D eigenvalue weighted by Gasteiger charge is -2.32. The van der Waals surface area contributed by atoms with Crippen molar-refractivity contribution in [2.75, 3.05) is 19.7 Å². The van der Waals surface area contributed by atoms with Crippen LogP contribution in [-0.4, -0.2) is 53.3 Å². The van der Waals surface area contributed by atoms with E-state index in [1.807, 2.05) is 27.7 Å². The third-order valence-electron chi connectivity index (χ3n) is 3.48. The van der Waals surface area contributed by atoms with Gasteiger partial charge in [-0.3, -0.25) is 4.79 Å². The molecule has 1 fully saturated rings. The van der Waals surface area contributed by atoms with E-state index in [1.165, 1.54) is 4.90 Å². The number of hydrogen-bond acceptors (Lipinski definition) is 3. The molecule has 1 aliphatic rings.